The van der Waals surface area contributed by atoms with Crippen molar-refractivity contribution in [3.8, 4) is 6.07 Å². The lowest BCUT2D eigenvalue weighted by molar-refractivity contribution is 0.152. The van der Waals surface area contributed by atoms with Crippen LogP contribution >= 0.6 is 0 Å². The fourth-order valence-corrected chi connectivity index (χ4v) is 2.69. The molecule has 24 heavy (non-hydrogen) atoms. The Hall–Kier alpha value is -2.29. The van der Waals surface area contributed by atoms with E-state index in [-0.39, 0.29) is 23.5 Å². The molecule has 3 unspecified atom stereocenters. The van der Waals surface area contributed by atoms with Crippen LogP contribution in [0.25, 0.3) is 0 Å². The Morgan fingerprint density at radius 2 is 1.79 bits per heavy atom. The van der Waals surface area contributed by atoms with Crippen LogP contribution in [-0.4, -0.2) is 11.1 Å². The maximum atomic E-state index is 14.0. The summed E-state index contributed by atoms with van der Waals surface area (Å²) in [7, 11) is 0. The van der Waals surface area contributed by atoms with E-state index in [0.29, 0.717) is 17.5 Å². The van der Waals surface area contributed by atoms with Crippen LogP contribution in [-0.2, 0) is 0 Å². The Morgan fingerprint density at radius 3 is 2.38 bits per heavy atom. The van der Waals surface area contributed by atoms with Crippen LogP contribution in [0.2, 0.25) is 0 Å². The van der Waals surface area contributed by atoms with Gasteiger partial charge in [-0.15, -0.1) is 0 Å². The van der Waals surface area contributed by atoms with Gasteiger partial charge in [-0.05, 0) is 50.1 Å². The summed E-state index contributed by atoms with van der Waals surface area (Å²) in [4.78, 5) is 0. The van der Waals surface area contributed by atoms with Gasteiger partial charge in [0.05, 0.1) is 17.7 Å². The average molecular weight is 330 g/mol. The highest BCUT2D eigenvalue weighted by atomic mass is 19.1. The lowest BCUT2D eigenvalue weighted by Crippen LogP contribution is -2.31. The summed E-state index contributed by atoms with van der Waals surface area (Å²) < 4.78 is 26.9. The number of hydrogen-bond donors (Lipinski definition) is 2. The summed E-state index contributed by atoms with van der Waals surface area (Å²) in [5.74, 6) is -0.776. The van der Waals surface area contributed by atoms with Gasteiger partial charge in [0.15, 0.2) is 0 Å². The predicted octanol–water partition coefficient (Wildman–Crippen LogP) is 4.00. The Bertz CT molecular complexity index is 725. The monoisotopic (exact) mass is 330 g/mol. The molecule has 0 saturated carbocycles. The minimum atomic E-state index is -0.730. The second-order valence-electron chi connectivity index (χ2n) is 5.94. The second kappa shape index (κ2) is 8.00. The zero-order valence-electron chi connectivity index (χ0n) is 13.6. The molecular weight excluding hydrogens is 310 g/mol. The van der Waals surface area contributed by atoms with Gasteiger partial charge in [-0.2, -0.15) is 5.26 Å². The Labute approximate surface area is 140 Å². The van der Waals surface area contributed by atoms with E-state index in [2.05, 4.69) is 5.32 Å². The number of nitrogens with one attached hydrogen (secondary N) is 1. The van der Waals surface area contributed by atoms with Gasteiger partial charge in [-0.25, -0.2) is 8.78 Å². The molecule has 3 nitrogen and oxygen atoms in total. The number of aliphatic hydroxyl groups is 1. The predicted molar refractivity (Wildman–Crippen MR) is 88.1 cm³/mol. The van der Waals surface area contributed by atoms with Gasteiger partial charge in [0.25, 0.3) is 0 Å². The molecule has 0 amide bonds. The number of rotatable bonds is 6. The second-order valence-corrected chi connectivity index (χ2v) is 5.94. The molecule has 0 aromatic heterocycles. The van der Waals surface area contributed by atoms with Crippen LogP contribution in [0.4, 0.5) is 8.78 Å². The molecule has 0 saturated heterocycles. The summed E-state index contributed by atoms with van der Waals surface area (Å²) in [5, 5.41) is 22.2. The molecule has 0 aliphatic carbocycles. The zero-order chi connectivity index (χ0) is 17.7. The van der Waals surface area contributed by atoms with Crippen LogP contribution in [0.3, 0.4) is 0 Å². The van der Waals surface area contributed by atoms with Gasteiger partial charge in [-0.1, -0.05) is 18.2 Å². The van der Waals surface area contributed by atoms with Gasteiger partial charge in [0.2, 0.25) is 0 Å². The zero-order valence-corrected chi connectivity index (χ0v) is 13.6. The normalized spacial score (nSPS) is 14.7. The summed E-state index contributed by atoms with van der Waals surface area (Å²) in [6, 6.07) is 11.7. The molecule has 0 aliphatic rings. The van der Waals surface area contributed by atoms with Gasteiger partial charge in [0, 0.05) is 17.6 Å². The van der Waals surface area contributed by atoms with E-state index in [1.807, 2.05) is 19.9 Å². The van der Waals surface area contributed by atoms with E-state index in [4.69, 9.17) is 5.26 Å². The highest BCUT2D eigenvalue weighted by Gasteiger charge is 2.17. The molecule has 0 fully saturated rings. The van der Waals surface area contributed by atoms with E-state index in [1.165, 1.54) is 18.2 Å². The van der Waals surface area contributed by atoms with Crippen LogP contribution in [0.1, 0.15) is 49.1 Å². The minimum Gasteiger partial charge on any atom is -0.388 e. The topological polar surface area (TPSA) is 56.0 Å². The van der Waals surface area contributed by atoms with Crippen molar-refractivity contribution in [2.75, 3.05) is 0 Å². The van der Waals surface area contributed by atoms with Gasteiger partial charge in [-0.3, -0.25) is 0 Å². The third-order valence-corrected chi connectivity index (χ3v) is 3.96. The number of hydrogen-bond acceptors (Lipinski definition) is 3. The van der Waals surface area contributed by atoms with Crippen molar-refractivity contribution in [3.05, 3.63) is 70.8 Å². The van der Waals surface area contributed by atoms with Gasteiger partial charge >= 0.3 is 0 Å². The fraction of sp³-hybridized carbons (Fsp3) is 0.316. The fourth-order valence-electron chi connectivity index (χ4n) is 2.69. The first-order chi connectivity index (χ1) is 11.4. The summed E-state index contributed by atoms with van der Waals surface area (Å²) >= 11 is 0. The summed E-state index contributed by atoms with van der Waals surface area (Å²) in [6.07, 6.45) is -0.320. The molecule has 0 spiro atoms. The maximum Gasteiger partial charge on any atom is 0.129 e. The Kier molecular flexibility index (Phi) is 6.02. The average Bonchev–Trinajstić information content (AvgIpc) is 2.54. The lowest BCUT2D eigenvalue weighted by Gasteiger charge is -2.23. The molecule has 0 bridgehead atoms. The van der Waals surface area contributed by atoms with Crippen molar-refractivity contribution in [1.82, 2.24) is 5.32 Å². The smallest absolute Gasteiger partial charge is 0.129 e. The van der Waals surface area contributed by atoms with Crippen LogP contribution in [0, 0.1) is 23.0 Å². The summed E-state index contributed by atoms with van der Waals surface area (Å²) in [6.45, 7) is 3.72. The van der Waals surface area contributed by atoms with Crippen LogP contribution < -0.4 is 5.32 Å². The SMILES string of the molecule is CC(CC(O)c1ccc(F)cc1)NC(C)c1ccc(C#N)cc1F. The number of benzene rings is 2. The minimum absolute atomic E-state index is 0.0879. The molecule has 3 atom stereocenters. The van der Waals surface area contributed by atoms with Crippen molar-refractivity contribution in [2.24, 2.45) is 0 Å². The van der Waals surface area contributed by atoms with Crippen molar-refractivity contribution < 1.29 is 13.9 Å². The van der Waals surface area contributed by atoms with Gasteiger partial charge in [0.1, 0.15) is 11.6 Å². The van der Waals surface area contributed by atoms with Crippen molar-refractivity contribution in [2.45, 2.75) is 38.5 Å². The maximum absolute atomic E-state index is 14.0. The van der Waals surface area contributed by atoms with E-state index in [1.54, 1.807) is 24.3 Å². The number of aliphatic hydroxyl groups excluding tert-OH is 1. The third kappa shape index (κ3) is 4.60. The standard InChI is InChI=1S/C19H20F2N2O/c1-12(9-19(24)15-4-6-16(20)7-5-15)23-13(2)17-8-3-14(11-22)10-18(17)21/h3-8,10,12-13,19,23-24H,9H2,1-2H3. The van der Waals surface area contributed by atoms with E-state index in [9.17, 15) is 13.9 Å². The first-order valence-corrected chi connectivity index (χ1v) is 7.80. The molecular formula is C19H20F2N2O. The van der Waals surface area contributed by atoms with Crippen LogP contribution in [0.5, 0.6) is 0 Å². The highest BCUT2D eigenvalue weighted by Crippen LogP contribution is 2.22. The number of halogens is 2. The van der Waals surface area contributed by atoms with Gasteiger partial charge < -0.3 is 10.4 Å². The molecule has 2 N–H and O–H groups in total. The number of nitrogens with zero attached hydrogens (tertiary/aromatic N) is 1. The highest BCUT2D eigenvalue weighted by molar-refractivity contribution is 5.34. The molecule has 2 aromatic carbocycles. The molecule has 126 valence electrons. The van der Waals surface area contributed by atoms with Crippen molar-refractivity contribution in [3.63, 3.8) is 0 Å². The third-order valence-electron chi connectivity index (χ3n) is 3.96. The molecule has 0 radical (unpaired) electrons. The van der Waals surface area contributed by atoms with E-state index in [0.717, 1.165) is 0 Å². The Morgan fingerprint density at radius 1 is 1.12 bits per heavy atom. The van der Waals surface area contributed by atoms with E-state index >= 15 is 0 Å². The van der Waals surface area contributed by atoms with Crippen molar-refractivity contribution in [1.29, 1.82) is 5.26 Å². The molecule has 5 heteroatoms. The molecule has 2 rings (SSSR count). The lowest BCUT2D eigenvalue weighted by atomic mass is 10.0. The molecule has 0 aliphatic heterocycles. The first kappa shape index (κ1) is 18.1. The quantitative estimate of drug-likeness (QED) is 0.842. The van der Waals surface area contributed by atoms with Crippen molar-refractivity contribution >= 4 is 0 Å². The molecule has 2 aromatic rings. The van der Waals surface area contributed by atoms with Crippen LogP contribution in [0.15, 0.2) is 42.5 Å². The first-order valence-electron chi connectivity index (χ1n) is 7.80. The van der Waals surface area contributed by atoms with E-state index < -0.39 is 11.9 Å². The largest absolute Gasteiger partial charge is 0.388 e. The Balaban J connectivity index is 1.97. The summed E-state index contributed by atoms with van der Waals surface area (Å²) in [5.41, 5.74) is 1.39. The molecule has 0 heterocycles. The number of nitriles is 1.